The second kappa shape index (κ2) is 12.7. The molecule has 0 aromatic heterocycles. The van der Waals surface area contributed by atoms with Crippen LogP contribution in [0.1, 0.15) is 43.5 Å². The Bertz CT molecular complexity index is 569. The van der Waals surface area contributed by atoms with E-state index in [2.05, 4.69) is 32.7 Å². The molecule has 6 heteroatoms. The summed E-state index contributed by atoms with van der Waals surface area (Å²) in [6, 6.07) is 6.66. The highest BCUT2D eigenvalue weighted by Crippen LogP contribution is 2.15. The lowest BCUT2D eigenvalue weighted by atomic mass is 10.1. The van der Waals surface area contributed by atoms with E-state index in [1.165, 1.54) is 6.42 Å². The van der Waals surface area contributed by atoms with Gasteiger partial charge in [-0.05, 0) is 64.0 Å². The summed E-state index contributed by atoms with van der Waals surface area (Å²) >= 11 is 3.13. The number of allylic oxidation sites excluding steroid dienone is 1. The molecule has 1 aliphatic rings. The third-order valence-electron chi connectivity index (χ3n) is 4.09. The first kappa shape index (κ1) is 22.4. The van der Waals surface area contributed by atoms with Gasteiger partial charge in [0.05, 0.1) is 18.2 Å². The van der Waals surface area contributed by atoms with Crippen molar-refractivity contribution in [2.45, 2.75) is 39.2 Å². The number of anilines is 1. The number of hydrogen-bond donors (Lipinski definition) is 1. The fourth-order valence-electron chi connectivity index (χ4n) is 2.62. The highest BCUT2D eigenvalue weighted by Gasteiger charge is 2.22. The number of esters is 1. The molecule has 1 aliphatic heterocycles. The molecule has 0 radical (unpaired) electrons. The Morgan fingerprint density at radius 2 is 1.85 bits per heavy atom. The number of alkyl halides is 1. The number of ether oxygens (including phenoxy) is 1. The van der Waals surface area contributed by atoms with E-state index in [4.69, 9.17) is 4.74 Å². The van der Waals surface area contributed by atoms with E-state index < -0.39 is 0 Å². The quantitative estimate of drug-likeness (QED) is 0.421. The first-order valence-corrected chi connectivity index (χ1v) is 10.1. The Morgan fingerprint density at radius 1 is 1.27 bits per heavy atom. The van der Waals surface area contributed by atoms with E-state index in [0.29, 0.717) is 17.9 Å². The van der Waals surface area contributed by atoms with E-state index in [1.54, 1.807) is 37.3 Å². The Labute approximate surface area is 164 Å². The number of hydrogen-bond acceptors (Lipinski definition) is 4. The Hall–Kier alpha value is -1.66. The molecule has 1 fully saturated rings. The molecule has 1 N–H and O–H groups in total. The number of carbonyl (C=O) groups excluding carboxylic acids is 2. The number of nitrogens with zero attached hydrogens (tertiary/aromatic N) is 1. The van der Waals surface area contributed by atoms with Gasteiger partial charge in [-0.2, -0.15) is 0 Å². The highest BCUT2D eigenvalue weighted by atomic mass is 79.9. The second-order valence-electron chi connectivity index (χ2n) is 6.00. The van der Waals surface area contributed by atoms with Crippen LogP contribution in [0.3, 0.4) is 0 Å². The number of nitrogens with one attached hydrogen (secondary N) is 1. The molecule has 0 aliphatic carbocycles. The number of benzene rings is 1. The van der Waals surface area contributed by atoms with Crippen LogP contribution in [0.5, 0.6) is 0 Å². The van der Waals surface area contributed by atoms with Crippen LogP contribution in [-0.2, 0) is 9.53 Å². The summed E-state index contributed by atoms with van der Waals surface area (Å²) < 4.78 is 4.93. The van der Waals surface area contributed by atoms with Gasteiger partial charge in [0.1, 0.15) is 0 Å². The lowest BCUT2D eigenvalue weighted by molar-refractivity contribution is -0.121. The molecule has 0 spiro atoms. The maximum Gasteiger partial charge on any atom is 0.338 e. The monoisotopic (exact) mass is 424 g/mol. The van der Waals surface area contributed by atoms with Gasteiger partial charge in [-0.3, -0.25) is 9.69 Å². The standard InChI is InChI=1S/C17H24N2O3.C3H5Br/c1-3-22-17(21)14-7-9-15(10-8-14)18-16(20)13(2)19-11-5-4-6-12-19;1-2-3-4/h7-10,13H,3-6,11-12H2,1-2H3,(H,18,20);2H,1,3H2. The van der Waals surface area contributed by atoms with E-state index in [1.807, 2.05) is 6.92 Å². The summed E-state index contributed by atoms with van der Waals surface area (Å²) in [7, 11) is 0. The third kappa shape index (κ3) is 7.70. The van der Waals surface area contributed by atoms with E-state index >= 15 is 0 Å². The lowest BCUT2D eigenvalue weighted by Crippen LogP contribution is -2.44. The number of piperidine rings is 1. The minimum Gasteiger partial charge on any atom is -0.462 e. The maximum absolute atomic E-state index is 12.3. The number of amides is 1. The molecule has 5 nitrogen and oxygen atoms in total. The minimum absolute atomic E-state index is 0.00853. The van der Waals surface area contributed by atoms with Crippen LogP contribution in [0.4, 0.5) is 5.69 Å². The molecular formula is C20H29BrN2O3. The van der Waals surface area contributed by atoms with Crippen LogP contribution in [0.25, 0.3) is 0 Å². The van der Waals surface area contributed by atoms with Crippen molar-refractivity contribution in [2.75, 3.05) is 30.3 Å². The van der Waals surface area contributed by atoms with Gasteiger partial charge < -0.3 is 10.1 Å². The normalized spacial score (nSPS) is 15.2. The van der Waals surface area contributed by atoms with Gasteiger partial charge in [0.15, 0.2) is 0 Å². The first-order valence-electron chi connectivity index (χ1n) is 9.02. The average molecular weight is 425 g/mol. The minimum atomic E-state index is -0.345. The van der Waals surface area contributed by atoms with Crippen LogP contribution in [0.15, 0.2) is 36.9 Å². The number of rotatable bonds is 6. The highest BCUT2D eigenvalue weighted by molar-refractivity contribution is 9.09. The van der Waals surface area contributed by atoms with Crippen molar-refractivity contribution in [3.05, 3.63) is 42.5 Å². The van der Waals surface area contributed by atoms with Crippen LogP contribution >= 0.6 is 15.9 Å². The molecular weight excluding hydrogens is 396 g/mol. The van der Waals surface area contributed by atoms with Gasteiger partial charge in [-0.15, -0.1) is 6.58 Å². The van der Waals surface area contributed by atoms with Crippen molar-refractivity contribution in [2.24, 2.45) is 0 Å². The zero-order valence-corrected chi connectivity index (χ0v) is 17.3. The molecule has 1 saturated heterocycles. The maximum atomic E-state index is 12.3. The smallest absolute Gasteiger partial charge is 0.338 e. The zero-order valence-electron chi connectivity index (χ0n) is 15.7. The van der Waals surface area contributed by atoms with Gasteiger partial charge in [-0.25, -0.2) is 4.79 Å². The largest absolute Gasteiger partial charge is 0.462 e. The molecule has 0 saturated carbocycles. The van der Waals surface area contributed by atoms with Gasteiger partial charge in [-0.1, -0.05) is 28.4 Å². The van der Waals surface area contributed by atoms with Crippen LogP contribution in [-0.4, -0.2) is 47.8 Å². The van der Waals surface area contributed by atoms with Crippen LogP contribution in [0.2, 0.25) is 0 Å². The van der Waals surface area contributed by atoms with Crippen molar-refractivity contribution in [1.29, 1.82) is 0 Å². The van der Waals surface area contributed by atoms with Crippen molar-refractivity contribution >= 4 is 33.5 Å². The van der Waals surface area contributed by atoms with E-state index in [0.717, 1.165) is 31.3 Å². The van der Waals surface area contributed by atoms with Gasteiger partial charge in [0.25, 0.3) is 0 Å². The molecule has 1 heterocycles. The number of carbonyl (C=O) groups is 2. The molecule has 1 atom stereocenters. The lowest BCUT2D eigenvalue weighted by Gasteiger charge is -2.31. The number of halogens is 1. The Balaban J connectivity index is 0.000000765. The predicted octanol–water partition coefficient (Wildman–Crippen LogP) is 4.24. The molecule has 1 aromatic rings. The summed E-state index contributed by atoms with van der Waals surface area (Å²) in [5.74, 6) is -0.354. The SMILES string of the molecule is C=CCBr.CCOC(=O)c1ccc(NC(=O)C(C)N2CCCCC2)cc1. The van der Waals surface area contributed by atoms with Crippen LogP contribution < -0.4 is 5.32 Å². The molecule has 1 aromatic carbocycles. The van der Waals surface area contributed by atoms with Crippen molar-refractivity contribution in [3.8, 4) is 0 Å². The summed E-state index contributed by atoms with van der Waals surface area (Å²) in [6.45, 7) is 9.46. The Kier molecular flexibility index (Phi) is 10.9. The topological polar surface area (TPSA) is 58.6 Å². The zero-order chi connectivity index (χ0) is 19.4. The fraction of sp³-hybridized carbons (Fsp3) is 0.500. The summed E-state index contributed by atoms with van der Waals surface area (Å²) in [4.78, 5) is 26.1. The third-order valence-corrected chi connectivity index (χ3v) is 4.55. The van der Waals surface area contributed by atoms with E-state index in [9.17, 15) is 9.59 Å². The molecule has 26 heavy (non-hydrogen) atoms. The molecule has 2 rings (SSSR count). The second-order valence-corrected chi connectivity index (χ2v) is 6.65. The van der Waals surface area contributed by atoms with Crippen molar-refractivity contribution < 1.29 is 14.3 Å². The summed E-state index contributed by atoms with van der Waals surface area (Å²) in [5, 5.41) is 3.80. The van der Waals surface area contributed by atoms with E-state index in [-0.39, 0.29) is 17.9 Å². The molecule has 1 unspecified atom stereocenters. The van der Waals surface area contributed by atoms with Crippen LogP contribution in [0, 0.1) is 0 Å². The predicted molar refractivity (Wildman–Crippen MR) is 110 cm³/mol. The fourth-order valence-corrected chi connectivity index (χ4v) is 2.62. The molecule has 0 bridgehead atoms. The average Bonchev–Trinajstić information content (AvgIpc) is 2.69. The molecule has 1 amide bonds. The molecule has 144 valence electrons. The van der Waals surface area contributed by atoms with Crippen molar-refractivity contribution in [3.63, 3.8) is 0 Å². The van der Waals surface area contributed by atoms with Gasteiger partial charge in [0, 0.05) is 11.0 Å². The van der Waals surface area contributed by atoms with Gasteiger partial charge in [0.2, 0.25) is 5.91 Å². The Morgan fingerprint density at radius 3 is 2.35 bits per heavy atom. The first-order chi connectivity index (χ1) is 12.5. The van der Waals surface area contributed by atoms with Crippen molar-refractivity contribution in [1.82, 2.24) is 4.90 Å². The summed E-state index contributed by atoms with van der Waals surface area (Å²) in [6.07, 6.45) is 5.36. The van der Waals surface area contributed by atoms with Gasteiger partial charge >= 0.3 is 5.97 Å². The number of likely N-dealkylation sites (tertiary alicyclic amines) is 1. The summed E-state index contributed by atoms with van der Waals surface area (Å²) in [5.41, 5.74) is 1.19.